The molecule has 0 aliphatic carbocycles. The van der Waals surface area contributed by atoms with Crippen molar-refractivity contribution in [1.29, 1.82) is 0 Å². The molecule has 0 saturated heterocycles. The van der Waals surface area contributed by atoms with Gasteiger partial charge in [0, 0.05) is 17.4 Å². The fraction of sp³-hybridized carbons (Fsp3) is 0.0833. The zero-order valence-electron chi connectivity index (χ0n) is 16.3. The topological polar surface area (TPSA) is 56.2 Å². The highest BCUT2D eigenvalue weighted by molar-refractivity contribution is 6.08. The van der Waals surface area contributed by atoms with Gasteiger partial charge in [-0.25, -0.2) is 4.68 Å². The molecule has 1 amide bonds. The third-order valence-electron chi connectivity index (χ3n) is 4.74. The van der Waals surface area contributed by atoms with Crippen LogP contribution in [-0.2, 0) is 0 Å². The molecule has 0 fully saturated rings. The van der Waals surface area contributed by atoms with Gasteiger partial charge < -0.3 is 10.1 Å². The molecule has 0 spiro atoms. The van der Waals surface area contributed by atoms with Crippen molar-refractivity contribution in [2.75, 3.05) is 12.4 Å². The van der Waals surface area contributed by atoms with Crippen LogP contribution in [-0.4, -0.2) is 22.8 Å². The van der Waals surface area contributed by atoms with Gasteiger partial charge in [0.05, 0.1) is 18.4 Å². The quantitative estimate of drug-likeness (QED) is 0.521. The number of amides is 1. The van der Waals surface area contributed by atoms with Crippen molar-refractivity contribution < 1.29 is 9.53 Å². The van der Waals surface area contributed by atoms with Gasteiger partial charge >= 0.3 is 0 Å². The minimum absolute atomic E-state index is 0.202. The van der Waals surface area contributed by atoms with Gasteiger partial charge in [-0.15, -0.1) is 0 Å². The van der Waals surface area contributed by atoms with Gasteiger partial charge in [-0.2, -0.15) is 5.10 Å². The van der Waals surface area contributed by atoms with Gasteiger partial charge in [0.15, 0.2) is 0 Å². The van der Waals surface area contributed by atoms with Crippen LogP contribution >= 0.6 is 0 Å². The van der Waals surface area contributed by atoms with Gasteiger partial charge in [0.25, 0.3) is 5.91 Å². The summed E-state index contributed by atoms with van der Waals surface area (Å²) in [6.45, 7) is 1.97. The Kier molecular flexibility index (Phi) is 5.12. The summed E-state index contributed by atoms with van der Waals surface area (Å²) in [5, 5.41) is 7.71. The Morgan fingerprint density at radius 3 is 2.31 bits per heavy atom. The van der Waals surface area contributed by atoms with Gasteiger partial charge in [-0.1, -0.05) is 36.4 Å². The standard InChI is InChI=1S/C24H21N3O2/c1-17-8-6-7-11-22(17)25-24(28)21-16-27(19-9-4-3-5-10-19)26-23(21)18-12-14-20(29-2)15-13-18/h3-16H,1-2H3,(H,25,28). The van der Waals surface area contributed by atoms with Crippen LogP contribution in [0.1, 0.15) is 15.9 Å². The summed E-state index contributed by atoms with van der Waals surface area (Å²) in [4.78, 5) is 13.1. The van der Waals surface area contributed by atoms with Crippen molar-refractivity contribution in [2.24, 2.45) is 0 Å². The Labute approximate surface area is 169 Å². The van der Waals surface area contributed by atoms with Crippen molar-refractivity contribution in [3.8, 4) is 22.7 Å². The Hall–Kier alpha value is -3.86. The van der Waals surface area contributed by atoms with Gasteiger partial charge in [0.1, 0.15) is 11.4 Å². The maximum absolute atomic E-state index is 13.1. The number of aromatic nitrogens is 2. The van der Waals surface area contributed by atoms with Crippen LogP contribution < -0.4 is 10.1 Å². The number of carbonyl (C=O) groups is 1. The third-order valence-corrected chi connectivity index (χ3v) is 4.74. The lowest BCUT2D eigenvalue weighted by atomic mass is 10.1. The Bertz CT molecular complexity index is 1130. The lowest BCUT2D eigenvalue weighted by molar-refractivity contribution is 0.102. The van der Waals surface area contributed by atoms with Crippen molar-refractivity contribution in [3.63, 3.8) is 0 Å². The second-order valence-corrected chi connectivity index (χ2v) is 6.67. The van der Waals surface area contributed by atoms with Gasteiger partial charge in [-0.3, -0.25) is 4.79 Å². The van der Waals surface area contributed by atoms with E-state index in [9.17, 15) is 4.79 Å². The molecule has 1 aromatic heterocycles. The Morgan fingerprint density at radius 1 is 0.931 bits per heavy atom. The minimum Gasteiger partial charge on any atom is -0.497 e. The second-order valence-electron chi connectivity index (χ2n) is 6.67. The van der Waals surface area contributed by atoms with Crippen LogP contribution in [0.25, 0.3) is 16.9 Å². The molecule has 1 heterocycles. The number of ether oxygens (including phenoxy) is 1. The first-order chi connectivity index (χ1) is 14.2. The van der Waals surface area contributed by atoms with Gasteiger partial charge in [-0.05, 0) is 55.0 Å². The summed E-state index contributed by atoms with van der Waals surface area (Å²) in [5.41, 5.74) is 4.63. The van der Waals surface area contributed by atoms with E-state index in [1.54, 1.807) is 18.0 Å². The highest BCUT2D eigenvalue weighted by atomic mass is 16.5. The number of hydrogen-bond acceptors (Lipinski definition) is 3. The van der Waals surface area contributed by atoms with E-state index in [0.29, 0.717) is 11.3 Å². The normalized spacial score (nSPS) is 10.6. The summed E-state index contributed by atoms with van der Waals surface area (Å²) in [6.07, 6.45) is 1.77. The lowest BCUT2D eigenvalue weighted by Crippen LogP contribution is -2.13. The molecular weight excluding hydrogens is 362 g/mol. The molecule has 5 nitrogen and oxygen atoms in total. The number of hydrogen-bond donors (Lipinski definition) is 1. The summed E-state index contributed by atoms with van der Waals surface area (Å²) in [6, 6.07) is 25.0. The average molecular weight is 383 g/mol. The highest BCUT2D eigenvalue weighted by Gasteiger charge is 2.19. The largest absolute Gasteiger partial charge is 0.497 e. The summed E-state index contributed by atoms with van der Waals surface area (Å²) in [7, 11) is 1.63. The Balaban J connectivity index is 1.77. The van der Waals surface area contributed by atoms with E-state index in [-0.39, 0.29) is 5.91 Å². The lowest BCUT2D eigenvalue weighted by Gasteiger charge is -2.08. The molecule has 0 aliphatic rings. The summed E-state index contributed by atoms with van der Waals surface area (Å²) < 4.78 is 6.97. The van der Waals surface area contributed by atoms with Crippen LogP contribution in [0.2, 0.25) is 0 Å². The maximum Gasteiger partial charge on any atom is 0.259 e. The SMILES string of the molecule is COc1ccc(-c2nn(-c3ccccc3)cc2C(=O)Nc2ccccc2C)cc1. The van der Waals surface area contributed by atoms with Crippen LogP contribution in [0, 0.1) is 6.92 Å². The molecule has 4 rings (SSSR count). The first-order valence-electron chi connectivity index (χ1n) is 9.32. The van der Waals surface area contributed by atoms with Crippen molar-refractivity contribution in [1.82, 2.24) is 9.78 Å². The molecule has 0 radical (unpaired) electrons. The first kappa shape index (κ1) is 18.5. The van der Waals surface area contributed by atoms with Gasteiger partial charge in [0.2, 0.25) is 0 Å². The van der Waals surface area contributed by atoms with Crippen LogP contribution in [0.15, 0.2) is 85.1 Å². The number of anilines is 1. The fourth-order valence-electron chi connectivity index (χ4n) is 3.12. The number of methoxy groups -OCH3 is 1. The summed E-state index contributed by atoms with van der Waals surface area (Å²) >= 11 is 0. The molecule has 1 N–H and O–H groups in total. The zero-order valence-corrected chi connectivity index (χ0v) is 16.3. The molecular formula is C24H21N3O2. The molecule has 5 heteroatoms. The minimum atomic E-state index is -0.202. The number of aryl methyl sites for hydroxylation is 1. The van der Waals surface area contributed by atoms with E-state index in [2.05, 4.69) is 5.32 Å². The number of nitrogens with one attached hydrogen (secondary N) is 1. The van der Waals surface area contributed by atoms with E-state index < -0.39 is 0 Å². The summed E-state index contributed by atoms with van der Waals surface area (Å²) in [5.74, 6) is 0.550. The molecule has 0 aliphatic heterocycles. The fourth-order valence-corrected chi connectivity index (χ4v) is 3.12. The highest BCUT2D eigenvalue weighted by Crippen LogP contribution is 2.27. The Morgan fingerprint density at radius 2 is 1.62 bits per heavy atom. The van der Waals surface area contributed by atoms with E-state index >= 15 is 0 Å². The number of nitrogens with zero attached hydrogens (tertiary/aromatic N) is 2. The van der Waals surface area contributed by atoms with Crippen molar-refractivity contribution in [3.05, 3.63) is 96.2 Å². The third kappa shape index (κ3) is 3.89. The number of para-hydroxylation sites is 2. The van der Waals surface area contributed by atoms with Crippen LogP contribution in [0.5, 0.6) is 5.75 Å². The predicted octanol–water partition coefficient (Wildman–Crippen LogP) is 5.11. The molecule has 0 bridgehead atoms. The average Bonchev–Trinajstić information content (AvgIpc) is 3.22. The molecule has 29 heavy (non-hydrogen) atoms. The second kappa shape index (κ2) is 8.02. The van der Waals surface area contributed by atoms with Crippen LogP contribution in [0.4, 0.5) is 5.69 Å². The molecule has 0 atom stereocenters. The maximum atomic E-state index is 13.1. The molecule has 144 valence electrons. The molecule has 3 aromatic carbocycles. The van der Waals surface area contributed by atoms with E-state index in [1.807, 2.05) is 85.8 Å². The van der Waals surface area contributed by atoms with E-state index in [1.165, 1.54) is 0 Å². The number of benzene rings is 3. The number of rotatable bonds is 5. The van der Waals surface area contributed by atoms with Crippen LogP contribution in [0.3, 0.4) is 0 Å². The molecule has 0 saturated carbocycles. The smallest absolute Gasteiger partial charge is 0.259 e. The zero-order chi connectivity index (χ0) is 20.2. The predicted molar refractivity (Wildman–Crippen MR) is 115 cm³/mol. The monoisotopic (exact) mass is 383 g/mol. The number of carbonyl (C=O) groups excluding carboxylic acids is 1. The first-order valence-corrected chi connectivity index (χ1v) is 9.32. The van der Waals surface area contributed by atoms with Crippen molar-refractivity contribution >= 4 is 11.6 Å². The molecule has 0 unspecified atom stereocenters. The molecule has 4 aromatic rings. The van der Waals surface area contributed by atoms with Crippen molar-refractivity contribution in [2.45, 2.75) is 6.92 Å². The van der Waals surface area contributed by atoms with E-state index in [4.69, 9.17) is 9.84 Å². The van der Waals surface area contributed by atoms with E-state index in [0.717, 1.165) is 28.3 Å².